The molecule has 0 saturated heterocycles. The van der Waals surface area contributed by atoms with Crippen LogP contribution in [0.1, 0.15) is 28.7 Å². The first-order chi connectivity index (χ1) is 8.61. The van der Waals surface area contributed by atoms with Gasteiger partial charge in [0.15, 0.2) is 0 Å². The quantitative estimate of drug-likeness (QED) is 0.888. The maximum absolute atomic E-state index is 11.1. The van der Waals surface area contributed by atoms with Crippen molar-refractivity contribution in [1.82, 2.24) is 4.98 Å². The summed E-state index contributed by atoms with van der Waals surface area (Å²) in [4.78, 5) is 15.8. The van der Waals surface area contributed by atoms with Gasteiger partial charge in [-0.3, -0.25) is 0 Å². The Morgan fingerprint density at radius 2 is 2.00 bits per heavy atom. The Morgan fingerprint density at radius 1 is 1.33 bits per heavy atom. The van der Waals surface area contributed by atoms with Crippen molar-refractivity contribution in [1.29, 1.82) is 0 Å². The molecule has 4 nitrogen and oxygen atoms in total. The summed E-state index contributed by atoms with van der Waals surface area (Å²) in [5.41, 5.74) is 1.46. The standard InChI is InChI=1S/C13H13NO3S/c1-2-3-10-11(13(16)17)18-12(14-10)8-4-6-9(15)7-5-8/h4-7,15H,2-3H2,1H3,(H,16,17). The van der Waals surface area contributed by atoms with Crippen molar-refractivity contribution in [2.24, 2.45) is 0 Å². The Labute approximate surface area is 109 Å². The molecular formula is C13H13NO3S. The Bertz CT molecular complexity index is 560. The normalized spacial score (nSPS) is 10.5. The third-order valence-electron chi connectivity index (χ3n) is 2.49. The average molecular weight is 263 g/mol. The second-order valence-electron chi connectivity index (χ2n) is 3.90. The van der Waals surface area contributed by atoms with E-state index in [1.165, 1.54) is 11.3 Å². The van der Waals surface area contributed by atoms with Crippen LogP contribution in [0.4, 0.5) is 0 Å². The summed E-state index contributed by atoms with van der Waals surface area (Å²) in [5.74, 6) is -0.747. The van der Waals surface area contributed by atoms with Crippen molar-refractivity contribution < 1.29 is 15.0 Å². The summed E-state index contributed by atoms with van der Waals surface area (Å²) in [6.07, 6.45) is 1.52. The minimum Gasteiger partial charge on any atom is -0.508 e. The van der Waals surface area contributed by atoms with E-state index in [-0.39, 0.29) is 5.75 Å². The zero-order chi connectivity index (χ0) is 13.1. The number of aromatic nitrogens is 1. The zero-order valence-corrected chi connectivity index (χ0v) is 10.7. The first-order valence-electron chi connectivity index (χ1n) is 5.64. The van der Waals surface area contributed by atoms with Crippen LogP contribution >= 0.6 is 11.3 Å². The SMILES string of the molecule is CCCc1nc(-c2ccc(O)cc2)sc1C(=O)O. The van der Waals surface area contributed by atoms with Crippen LogP contribution in [0.5, 0.6) is 5.75 Å². The number of rotatable bonds is 4. The first kappa shape index (κ1) is 12.6. The van der Waals surface area contributed by atoms with Gasteiger partial charge in [0.25, 0.3) is 0 Å². The molecule has 5 heteroatoms. The first-order valence-corrected chi connectivity index (χ1v) is 6.46. The molecule has 1 heterocycles. The number of carbonyl (C=O) groups is 1. The molecule has 18 heavy (non-hydrogen) atoms. The predicted molar refractivity (Wildman–Crippen MR) is 70.2 cm³/mol. The minimum atomic E-state index is -0.930. The maximum atomic E-state index is 11.1. The van der Waals surface area contributed by atoms with Gasteiger partial charge < -0.3 is 10.2 Å². The fourth-order valence-corrected chi connectivity index (χ4v) is 2.61. The zero-order valence-electron chi connectivity index (χ0n) is 9.88. The number of hydrogen-bond acceptors (Lipinski definition) is 4. The molecule has 2 N–H and O–H groups in total. The molecule has 1 aromatic carbocycles. The summed E-state index contributed by atoms with van der Waals surface area (Å²) < 4.78 is 0. The Hall–Kier alpha value is -1.88. The topological polar surface area (TPSA) is 70.4 Å². The average Bonchev–Trinajstić information content (AvgIpc) is 2.75. The van der Waals surface area contributed by atoms with Crippen molar-refractivity contribution in [3.8, 4) is 16.3 Å². The van der Waals surface area contributed by atoms with Gasteiger partial charge in [-0.2, -0.15) is 0 Å². The lowest BCUT2D eigenvalue weighted by atomic mass is 10.2. The van der Waals surface area contributed by atoms with Gasteiger partial charge >= 0.3 is 5.97 Å². The van der Waals surface area contributed by atoms with Crippen LogP contribution in [0.15, 0.2) is 24.3 Å². The highest BCUT2D eigenvalue weighted by atomic mass is 32.1. The van der Waals surface area contributed by atoms with Crippen LogP contribution in [0.2, 0.25) is 0 Å². The minimum absolute atomic E-state index is 0.183. The largest absolute Gasteiger partial charge is 0.508 e. The van der Waals surface area contributed by atoms with Crippen LogP contribution in [-0.4, -0.2) is 21.2 Å². The molecule has 0 spiro atoms. The molecule has 2 aromatic rings. The van der Waals surface area contributed by atoms with Crippen LogP contribution in [0.3, 0.4) is 0 Å². The van der Waals surface area contributed by atoms with Crippen LogP contribution in [-0.2, 0) is 6.42 Å². The van der Waals surface area contributed by atoms with E-state index in [2.05, 4.69) is 4.98 Å². The lowest BCUT2D eigenvalue weighted by Crippen LogP contribution is -1.98. The van der Waals surface area contributed by atoms with E-state index in [4.69, 9.17) is 5.11 Å². The van der Waals surface area contributed by atoms with Crippen molar-refractivity contribution in [3.63, 3.8) is 0 Å². The van der Waals surface area contributed by atoms with Gasteiger partial charge in [0.2, 0.25) is 0 Å². The highest BCUT2D eigenvalue weighted by Crippen LogP contribution is 2.29. The summed E-state index contributed by atoms with van der Waals surface area (Å²) in [6, 6.07) is 6.60. The van der Waals surface area contributed by atoms with Crippen molar-refractivity contribution >= 4 is 17.3 Å². The van der Waals surface area contributed by atoms with Crippen LogP contribution < -0.4 is 0 Å². The molecule has 1 aromatic heterocycles. The predicted octanol–water partition coefficient (Wildman–Crippen LogP) is 3.17. The van der Waals surface area contributed by atoms with E-state index in [1.807, 2.05) is 6.92 Å². The van der Waals surface area contributed by atoms with Gasteiger partial charge in [-0.05, 0) is 30.7 Å². The van der Waals surface area contributed by atoms with Gasteiger partial charge in [-0.1, -0.05) is 13.3 Å². The smallest absolute Gasteiger partial charge is 0.347 e. The molecule has 0 aliphatic rings. The van der Waals surface area contributed by atoms with E-state index >= 15 is 0 Å². The highest BCUT2D eigenvalue weighted by Gasteiger charge is 2.17. The summed E-state index contributed by atoms with van der Waals surface area (Å²) >= 11 is 1.17. The number of carboxylic acid groups (broad SMARTS) is 1. The van der Waals surface area contributed by atoms with E-state index in [0.717, 1.165) is 12.0 Å². The molecule has 0 unspecified atom stereocenters. The second kappa shape index (κ2) is 5.18. The van der Waals surface area contributed by atoms with Crippen molar-refractivity contribution in [3.05, 3.63) is 34.8 Å². The second-order valence-corrected chi connectivity index (χ2v) is 4.90. The molecule has 2 rings (SSSR count). The summed E-state index contributed by atoms with van der Waals surface area (Å²) in [5, 5.41) is 19.0. The van der Waals surface area contributed by atoms with E-state index in [9.17, 15) is 9.90 Å². The van der Waals surface area contributed by atoms with E-state index < -0.39 is 5.97 Å². The number of carboxylic acids is 1. The number of thiazole rings is 1. The van der Waals surface area contributed by atoms with Gasteiger partial charge in [-0.25, -0.2) is 9.78 Å². The monoisotopic (exact) mass is 263 g/mol. The van der Waals surface area contributed by atoms with Crippen LogP contribution in [0.25, 0.3) is 10.6 Å². The van der Waals surface area contributed by atoms with E-state index in [0.29, 0.717) is 22.0 Å². The number of nitrogens with zero attached hydrogens (tertiary/aromatic N) is 1. The van der Waals surface area contributed by atoms with Crippen molar-refractivity contribution in [2.45, 2.75) is 19.8 Å². The number of phenols is 1. The number of aromatic carboxylic acids is 1. The molecule has 0 aliphatic carbocycles. The van der Waals surface area contributed by atoms with Crippen LogP contribution in [0, 0.1) is 0 Å². The number of aryl methyl sites for hydroxylation is 1. The Kier molecular flexibility index (Phi) is 3.62. The van der Waals surface area contributed by atoms with E-state index in [1.54, 1.807) is 24.3 Å². The highest BCUT2D eigenvalue weighted by molar-refractivity contribution is 7.17. The summed E-state index contributed by atoms with van der Waals surface area (Å²) in [6.45, 7) is 1.99. The number of aromatic hydroxyl groups is 1. The lowest BCUT2D eigenvalue weighted by molar-refractivity contribution is 0.0700. The van der Waals surface area contributed by atoms with Gasteiger partial charge in [0, 0.05) is 5.56 Å². The maximum Gasteiger partial charge on any atom is 0.347 e. The molecule has 0 saturated carbocycles. The third kappa shape index (κ3) is 2.51. The fraction of sp³-hybridized carbons (Fsp3) is 0.231. The Balaban J connectivity index is 2.42. The Morgan fingerprint density at radius 3 is 2.56 bits per heavy atom. The van der Waals surface area contributed by atoms with Gasteiger partial charge in [0.05, 0.1) is 5.69 Å². The lowest BCUT2D eigenvalue weighted by Gasteiger charge is -1.96. The number of phenolic OH excluding ortho intramolecular Hbond substituents is 1. The molecule has 0 atom stereocenters. The molecule has 0 fully saturated rings. The molecular weight excluding hydrogens is 250 g/mol. The van der Waals surface area contributed by atoms with Gasteiger partial charge in [-0.15, -0.1) is 11.3 Å². The molecule has 0 radical (unpaired) electrons. The summed E-state index contributed by atoms with van der Waals surface area (Å²) in [7, 11) is 0. The molecule has 94 valence electrons. The fourth-order valence-electron chi connectivity index (χ4n) is 1.65. The number of hydrogen-bond donors (Lipinski definition) is 2. The molecule has 0 amide bonds. The molecule has 0 aliphatic heterocycles. The van der Waals surface area contributed by atoms with Gasteiger partial charge in [0.1, 0.15) is 15.6 Å². The third-order valence-corrected chi connectivity index (χ3v) is 3.63. The van der Waals surface area contributed by atoms with Crippen molar-refractivity contribution in [2.75, 3.05) is 0 Å². The molecule has 0 bridgehead atoms. The number of benzene rings is 1.